The molecule has 1 amide bonds. The predicted molar refractivity (Wildman–Crippen MR) is 71.5 cm³/mol. The van der Waals surface area contributed by atoms with Crippen LogP contribution in [0.2, 0.25) is 0 Å². The van der Waals surface area contributed by atoms with E-state index < -0.39 is 17.5 Å². The van der Waals surface area contributed by atoms with Crippen molar-refractivity contribution in [2.75, 3.05) is 5.32 Å². The summed E-state index contributed by atoms with van der Waals surface area (Å²) in [4.78, 5) is 11.8. The van der Waals surface area contributed by atoms with Gasteiger partial charge in [-0.1, -0.05) is 18.2 Å². The summed E-state index contributed by atoms with van der Waals surface area (Å²) in [5.74, 6) is -2.63. The summed E-state index contributed by atoms with van der Waals surface area (Å²) >= 11 is 0. The summed E-state index contributed by atoms with van der Waals surface area (Å²) in [5, 5.41) is 12.1. The van der Waals surface area contributed by atoms with E-state index >= 15 is 0 Å². The van der Waals surface area contributed by atoms with Crippen LogP contribution in [0.5, 0.6) is 5.75 Å². The van der Waals surface area contributed by atoms with Crippen molar-refractivity contribution in [2.24, 2.45) is 0 Å². The molecule has 0 aromatic heterocycles. The van der Waals surface area contributed by atoms with Crippen LogP contribution in [0.25, 0.3) is 0 Å². The average Bonchev–Trinajstić information content (AvgIpc) is 2.38. The number of aryl methyl sites for hydroxylation is 1. The molecule has 0 atom stereocenters. The number of carbonyl (C=O) groups excluding carboxylic acids is 1. The first-order chi connectivity index (χ1) is 9.47. The lowest BCUT2D eigenvalue weighted by Gasteiger charge is -2.08. The van der Waals surface area contributed by atoms with Crippen LogP contribution in [0.15, 0.2) is 36.4 Å². The number of halogens is 2. The standard InChI is InChI=1S/C15H13F2NO2/c1-9-5-6-12(13(19)7-9)18-14(20)8-10-3-2-4-11(16)15(10)17/h2-7,19H,8H2,1H3,(H,18,20). The molecule has 0 saturated heterocycles. The summed E-state index contributed by atoms with van der Waals surface area (Å²) < 4.78 is 26.4. The molecule has 2 aromatic rings. The number of benzene rings is 2. The number of phenolic OH excluding ortho intramolecular Hbond substituents is 1. The van der Waals surface area contributed by atoms with E-state index in [1.54, 1.807) is 19.1 Å². The van der Waals surface area contributed by atoms with Gasteiger partial charge in [-0.05, 0) is 30.7 Å². The highest BCUT2D eigenvalue weighted by atomic mass is 19.2. The molecular weight excluding hydrogens is 264 g/mol. The van der Waals surface area contributed by atoms with Crippen LogP contribution in [0, 0.1) is 18.6 Å². The maximum absolute atomic E-state index is 13.4. The molecule has 0 bridgehead atoms. The highest BCUT2D eigenvalue weighted by molar-refractivity contribution is 5.93. The Balaban J connectivity index is 2.11. The van der Waals surface area contributed by atoms with Gasteiger partial charge in [0.05, 0.1) is 12.1 Å². The monoisotopic (exact) mass is 277 g/mol. The number of phenols is 1. The largest absolute Gasteiger partial charge is 0.506 e. The zero-order valence-corrected chi connectivity index (χ0v) is 10.8. The summed E-state index contributed by atoms with van der Waals surface area (Å²) in [6, 6.07) is 8.43. The quantitative estimate of drug-likeness (QED) is 0.847. The molecule has 2 rings (SSSR count). The molecule has 0 radical (unpaired) electrons. The lowest BCUT2D eigenvalue weighted by molar-refractivity contribution is -0.115. The van der Waals surface area contributed by atoms with Crippen molar-refractivity contribution in [1.82, 2.24) is 0 Å². The summed E-state index contributed by atoms with van der Waals surface area (Å²) in [6.45, 7) is 1.80. The van der Waals surface area contributed by atoms with Gasteiger partial charge in [-0.25, -0.2) is 8.78 Å². The Kier molecular flexibility index (Phi) is 3.98. The molecule has 0 aliphatic rings. The molecule has 0 spiro atoms. The van der Waals surface area contributed by atoms with Crippen molar-refractivity contribution in [2.45, 2.75) is 13.3 Å². The topological polar surface area (TPSA) is 49.3 Å². The van der Waals surface area contributed by atoms with Gasteiger partial charge >= 0.3 is 0 Å². The second kappa shape index (κ2) is 5.69. The summed E-state index contributed by atoms with van der Waals surface area (Å²) in [7, 11) is 0. The van der Waals surface area contributed by atoms with Crippen LogP contribution in [0.4, 0.5) is 14.5 Å². The number of carbonyl (C=O) groups is 1. The van der Waals surface area contributed by atoms with E-state index in [9.17, 15) is 18.7 Å². The van der Waals surface area contributed by atoms with E-state index in [-0.39, 0.29) is 23.4 Å². The summed E-state index contributed by atoms with van der Waals surface area (Å²) in [5.41, 5.74) is 1.04. The van der Waals surface area contributed by atoms with Crippen molar-refractivity contribution in [3.8, 4) is 5.75 Å². The van der Waals surface area contributed by atoms with Crippen LogP contribution >= 0.6 is 0 Å². The number of nitrogens with one attached hydrogen (secondary N) is 1. The molecule has 104 valence electrons. The average molecular weight is 277 g/mol. The number of anilines is 1. The van der Waals surface area contributed by atoms with Crippen LogP contribution < -0.4 is 5.32 Å². The number of amides is 1. The van der Waals surface area contributed by atoms with Gasteiger partial charge in [-0.15, -0.1) is 0 Å². The second-order valence-corrected chi connectivity index (χ2v) is 4.46. The first-order valence-electron chi connectivity index (χ1n) is 5.99. The van der Waals surface area contributed by atoms with Crippen LogP contribution in [-0.4, -0.2) is 11.0 Å². The molecule has 2 aromatic carbocycles. The molecule has 2 N–H and O–H groups in total. The number of aromatic hydroxyl groups is 1. The minimum Gasteiger partial charge on any atom is -0.506 e. The smallest absolute Gasteiger partial charge is 0.229 e. The van der Waals surface area contributed by atoms with Crippen LogP contribution in [0.1, 0.15) is 11.1 Å². The molecule has 0 aliphatic heterocycles. The van der Waals surface area contributed by atoms with E-state index in [1.165, 1.54) is 18.2 Å². The predicted octanol–water partition coefficient (Wildman–Crippen LogP) is 3.16. The van der Waals surface area contributed by atoms with E-state index in [2.05, 4.69) is 5.32 Å². The highest BCUT2D eigenvalue weighted by Gasteiger charge is 2.13. The third-order valence-corrected chi connectivity index (χ3v) is 2.81. The van der Waals surface area contributed by atoms with Gasteiger partial charge in [0, 0.05) is 5.56 Å². The van der Waals surface area contributed by atoms with E-state index in [1.807, 2.05) is 0 Å². The normalized spacial score (nSPS) is 10.3. The van der Waals surface area contributed by atoms with Gasteiger partial charge in [-0.2, -0.15) is 0 Å². The number of hydrogen-bond acceptors (Lipinski definition) is 2. The molecule has 3 nitrogen and oxygen atoms in total. The zero-order valence-electron chi connectivity index (χ0n) is 10.8. The zero-order chi connectivity index (χ0) is 14.7. The fourth-order valence-electron chi connectivity index (χ4n) is 1.80. The molecular formula is C15H13F2NO2. The molecule has 0 heterocycles. The van der Waals surface area contributed by atoms with Crippen molar-refractivity contribution in [1.29, 1.82) is 0 Å². The Hall–Kier alpha value is -2.43. The van der Waals surface area contributed by atoms with E-state index in [4.69, 9.17) is 0 Å². The van der Waals surface area contributed by atoms with Gasteiger partial charge in [-0.3, -0.25) is 4.79 Å². The Bertz CT molecular complexity index is 656. The summed E-state index contributed by atoms with van der Waals surface area (Å²) in [6.07, 6.45) is -0.309. The van der Waals surface area contributed by atoms with Crippen molar-refractivity contribution >= 4 is 11.6 Å². The van der Waals surface area contributed by atoms with Crippen LogP contribution in [0.3, 0.4) is 0 Å². The Morgan fingerprint density at radius 3 is 2.70 bits per heavy atom. The lowest BCUT2D eigenvalue weighted by atomic mass is 10.1. The number of hydrogen-bond donors (Lipinski definition) is 2. The lowest BCUT2D eigenvalue weighted by Crippen LogP contribution is -2.15. The molecule has 0 unspecified atom stereocenters. The third-order valence-electron chi connectivity index (χ3n) is 2.81. The Morgan fingerprint density at radius 2 is 2.00 bits per heavy atom. The maximum atomic E-state index is 13.4. The minimum atomic E-state index is -1.03. The Labute approximate surface area is 114 Å². The highest BCUT2D eigenvalue weighted by Crippen LogP contribution is 2.24. The van der Waals surface area contributed by atoms with Crippen molar-refractivity contribution in [3.63, 3.8) is 0 Å². The van der Waals surface area contributed by atoms with Crippen LogP contribution in [-0.2, 0) is 11.2 Å². The SMILES string of the molecule is Cc1ccc(NC(=O)Cc2cccc(F)c2F)c(O)c1. The first-order valence-corrected chi connectivity index (χ1v) is 5.99. The van der Waals surface area contributed by atoms with Crippen molar-refractivity contribution < 1.29 is 18.7 Å². The molecule has 0 saturated carbocycles. The first kappa shape index (κ1) is 14.0. The minimum absolute atomic E-state index is 0.0332. The van der Waals surface area contributed by atoms with E-state index in [0.29, 0.717) is 0 Å². The van der Waals surface area contributed by atoms with Gasteiger partial charge < -0.3 is 10.4 Å². The molecule has 0 aliphatic carbocycles. The van der Waals surface area contributed by atoms with Gasteiger partial charge in [0.1, 0.15) is 5.75 Å². The second-order valence-electron chi connectivity index (χ2n) is 4.46. The van der Waals surface area contributed by atoms with E-state index in [0.717, 1.165) is 11.6 Å². The van der Waals surface area contributed by atoms with Gasteiger partial charge in [0.15, 0.2) is 11.6 Å². The molecule has 0 fully saturated rings. The third kappa shape index (κ3) is 3.12. The van der Waals surface area contributed by atoms with Gasteiger partial charge in [0.2, 0.25) is 5.91 Å². The van der Waals surface area contributed by atoms with Crippen molar-refractivity contribution in [3.05, 3.63) is 59.2 Å². The fraction of sp³-hybridized carbons (Fsp3) is 0.133. The maximum Gasteiger partial charge on any atom is 0.229 e. The molecule has 5 heteroatoms. The molecule has 20 heavy (non-hydrogen) atoms. The number of rotatable bonds is 3. The van der Waals surface area contributed by atoms with Gasteiger partial charge in [0.25, 0.3) is 0 Å². The fourth-order valence-corrected chi connectivity index (χ4v) is 1.80. The Morgan fingerprint density at radius 1 is 1.25 bits per heavy atom.